The molecule has 7 heteroatoms. The highest BCUT2D eigenvalue weighted by Crippen LogP contribution is 2.28. The summed E-state index contributed by atoms with van der Waals surface area (Å²) in [5.74, 6) is -1.31. The number of nitrogens with one attached hydrogen (secondary N) is 1. The van der Waals surface area contributed by atoms with Crippen LogP contribution in [0.25, 0.3) is 0 Å². The molecule has 1 saturated heterocycles. The molecule has 1 atom stereocenters. The molecule has 0 unspecified atom stereocenters. The van der Waals surface area contributed by atoms with Crippen LogP contribution in [0.15, 0.2) is 42.5 Å². The normalized spacial score (nSPS) is 17.0. The summed E-state index contributed by atoms with van der Waals surface area (Å²) in [6, 6.07) is 12.6. The third-order valence-electron chi connectivity index (χ3n) is 4.69. The van der Waals surface area contributed by atoms with Gasteiger partial charge in [0.2, 0.25) is 11.8 Å². The van der Waals surface area contributed by atoms with Gasteiger partial charge >= 0.3 is 0 Å². The van der Waals surface area contributed by atoms with Gasteiger partial charge in [0.15, 0.2) is 9.84 Å². The first kappa shape index (κ1) is 20.1. The second-order valence-corrected chi connectivity index (χ2v) is 9.57. The first-order valence-corrected chi connectivity index (χ1v) is 11.2. The summed E-state index contributed by atoms with van der Waals surface area (Å²) in [7, 11) is -3.11. The molecule has 0 bridgehead atoms. The minimum absolute atomic E-state index is 0.0484. The number of rotatable bonds is 5. The number of carbonyl (C=O) groups is 2. The summed E-state index contributed by atoms with van der Waals surface area (Å²) in [4.78, 5) is 27.0. The number of sulfone groups is 1. The molecule has 3 rings (SSSR count). The van der Waals surface area contributed by atoms with Crippen LogP contribution < -0.4 is 10.2 Å². The highest BCUT2D eigenvalue weighted by Gasteiger charge is 2.37. The van der Waals surface area contributed by atoms with Crippen LogP contribution in [0.2, 0.25) is 0 Å². The predicted molar refractivity (Wildman–Crippen MR) is 110 cm³/mol. The van der Waals surface area contributed by atoms with Gasteiger partial charge in [-0.1, -0.05) is 18.2 Å². The summed E-state index contributed by atoms with van der Waals surface area (Å²) in [5, 5.41) is 2.76. The molecule has 0 aliphatic carbocycles. The number of hydrogen-bond donors (Lipinski definition) is 1. The Labute approximate surface area is 165 Å². The third kappa shape index (κ3) is 4.78. The first-order valence-electron chi connectivity index (χ1n) is 9.09. The highest BCUT2D eigenvalue weighted by atomic mass is 32.2. The van der Waals surface area contributed by atoms with E-state index in [4.69, 9.17) is 0 Å². The maximum absolute atomic E-state index is 12.8. The summed E-state index contributed by atoms with van der Waals surface area (Å²) < 4.78 is 22.7. The SMILES string of the molecule is Cc1cc(C)cc(N2CC[C@H](C(=O)Nc3ccc(CS(C)(=O)=O)cc3)C2=O)c1. The van der Waals surface area contributed by atoms with Crippen molar-refractivity contribution in [2.24, 2.45) is 5.92 Å². The van der Waals surface area contributed by atoms with Crippen molar-refractivity contribution >= 4 is 33.0 Å². The summed E-state index contributed by atoms with van der Waals surface area (Å²) in [6.07, 6.45) is 1.64. The van der Waals surface area contributed by atoms with E-state index in [9.17, 15) is 18.0 Å². The lowest BCUT2D eigenvalue weighted by Gasteiger charge is -2.18. The predicted octanol–water partition coefficient (Wildman–Crippen LogP) is 2.84. The maximum atomic E-state index is 12.8. The van der Waals surface area contributed by atoms with Crippen LogP contribution in [0.4, 0.5) is 11.4 Å². The van der Waals surface area contributed by atoms with Crippen molar-refractivity contribution in [1.29, 1.82) is 0 Å². The Balaban J connectivity index is 1.67. The van der Waals surface area contributed by atoms with Crippen LogP contribution in [0.5, 0.6) is 0 Å². The van der Waals surface area contributed by atoms with Crippen molar-refractivity contribution in [3.63, 3.8) is 0 Å². The summed E-state index contributed by atoms with van der Waals surface area (Å²) in [5.41, 5.74) is 4.16. The minimum atomic E-state index is -3.11. The fourth-order valence-electron chi connectivity index (χ4n) is 3.50. The van der Waals surface area contributed by atoms with Crippen LogP contribution in [-0.2, 0) is 25.2 Å². The molecule has 0 spiro atoms. The van der Waals surface area contributed by atoms with E-state index in [0.717, 1.165) is 16.8 Å². The van der Waals surface area contributed by atoms with Crippen LogP contribution in [0, 0.1) is 19.8 Å². The number of nitrogens with zero attached hydrogens (tertiary/aromatic N) is 1. The van der Waals surface area contributed by atoms with Gasteiger partial charge < -0.3 is 10.2 Å². The second-order valence-electron chi connectivity index (χ2n) is 7.43. The van der Waals surface area contributed by atoms with Gasteiger partial charge in [-0.15, -0.1) is 0 Å². The van der Waals surface area contributed by atoms with Gasteiger partial charge in [-0.25, -0.2) is 8.42 Å². The Kier molecular flexibility index (Phi) is 5.56. The molecule has 1 aliphatic heterocycles. The number of anilines is 2. The number of carbonyl (C=O) groups excluding carboxylic acids is 2. The average Bonchev–Trinajstić information content (AvgIpc) is 2.96. The fourth-order valence-corrected chi connectivity index (χ4v) is 4.30. The van der Waals surface area contributed by atoms with E-state index in [-0.39, 0.29) is 17.6 Å². The van der Waals surface area contributed by atoms with Crippen LogP contribution in [0.1, 0.15) is 23.1 Å². The fraction of sp³-hybridized carbons (Fsp3) is 0.333. The van der Waals surface area contributed by atoms with Crippen molar-refractivity contribution in [3.8, 4) is 0 Å². The standard InChI is InChI=1S/C21H24N2O4S/c1-14-10-15(2)12-18(11-14)23-9-8-19(21(23)25)20(24)22-17-6-4-16(5-7-17)13-28(3,26)27/h4-7,10-12,19H,8-9,13H2,1-3H3,(H,22,24)/t19-/m1/s1. The van der Waals surface area contributed by atoms with Crippen molar-refractivity contribution in [2.45, 2.75) is 26.0 Å². The number of hydrogen-bond acceptors (Lipinski definition) is 4. The van der Waals surface area contributed by atoms with Crippen molar-refractivity contribution in [1.82, 2.24) is 0 Å². The Hall–Kier alpha value is -2.67. The molecule has 28 heavy (non-hydrogen) atoms. The lowest BCUT2D eigenvalue weighted by Crippen LogP contribution is -2.33. The Bertz CT molecular complexity index is 993. The van der Waals surface area contributed by atoms with E-state index in [0.29, 0.717) is 24.2 Å². The average molecular weight is 401 g/mol. The maximum Gasteiger partial charge on any atom is 0.239 e. The zero-order valence-electron chi connectivity index (χ0n) is 16.2. The molecule has 1 N–H and O–H groups in total. The van der Waals surface area contributed by atoms with E-state index in [1.165, 1.54) is 6.26 Å². The first-order chi connectivity index (χ1) is 13.1. The quantitative estimate of drug-likeness (QED) is 0.783. The van der Waals surface area contributed by atoms with E-state index >= 15 is 0 Å². The van der Waals surface area contributed by atoms with Crippen LogP contribution in [-0.4, -0.2) is 33.0 Å². The molecule has 1 fully saturated rings. The monoisotopic (exact) mass is 400 g/mol. The third-order valence-corrected chi connectivity index (χ3v) is 5.55. The van der Waals surface area contributed by atoms with Gasteiger partial charge in [0, 0.05) is 24.2 Å². The number of benzene rings is 2. The molecule has 2 amide bonds. The smallest absolute Gasteiger partial charge is 0.239 e. The van der Waals surface area contributed by atoms with Gasteiger partial charge in [0.05, 0.1) is 5.75 Å². The van der Waals surface area contributed by atoms with Gasteiger partial charge in [0.25, 0.3) is 0 Å². The molecular weight excluding hydrogens is 376 g/mol. The highest BCUT2D eigenvalue weighted by molar-refractivity contribution is 7.89. The van der Waals surface area contributed by atoms with Crippen LogP contribution >= 0.6 is 0 Å². The van der Waals surface area contributed by atoms with Gasteiger partial charge in [0.1, 0.15) is 5.92 Å². The Morgan fingerprint density at radius 1 is 1.11 bits per heavy atom. The Morgan fingerprint density at radius 3 is 2.29 bits per heavy atom. The van der Waals surface area contributed by atoms with Gasteiger partial charge in [-0.05, 0) is 61.2 Å². The molecule has 1 heterocycles. The molecule has 2 aromatic rings. The van der Waals surface area contributed by atoms with Gasteiger partial charge in [-0.2, -0.15) is 0 Å². The summed E-state index contributed by atoms with van der Waals surface area (Å²) in [6.45, 7) is 4.47. The topological polar surface area (TPSA) is 83.6 Å². The van der Waals surface area contributed by atoms with Crippen LogP contribution in [0.3, 0.4) is 0 Å². The van der Waals surface area contributed by atoms with E-state index < -0.39 is 15.8 Å². The molecule has 6 nitrogen and oxygen atoms in total. The molecule has 1 aliphatic rings. The molecule has 0 saturated carbocycles. The molecule has 148 valence electrons. The number of aryl methyl sites for hydroxylation is 2. The van der Waals surface area contributed by atoms with Crippen molar-refractivity contribution in [3.05, 3.63) is 59.2 Å². The van der Waals surface area contributed by atoms with E-state index in [1.54, 1.807) is 29.2 Å². The molecular formula is C21H24N2O4S. The molecule has 2 aromatic carbocycles. The van der Waals surface area contributed by atoms with Crippen molar-refractivity contribution < 1.29 is 18.0 Å². The largest absolute Gasteiger partial charge is 0.325 e. The van der Waals surface area contributed by atoms with Gasteiger partial charge in [-0.3, -0.25) is 9.59 Å². The van der Waals surface area contributed by atoms with E-state index in [2.05, 4.69) is 5.32 Å². The lowest BCUT2D eigenvalue weighted by molar-refractivity contribution is -0.129. The minimum Gasteiger partial charge on any atom is -0.325 e. The number of amides is 2. The van der Waals surface area contributed by atoms with E-state index in [1.807, 2.05) is 32.0 Å². The zero-order chi connectivity index (χ0) is 20.5. The Morgan fingerprint density at radius 2 is 1.71 bits per heavy atom. The lowest BCUT2D eigenvalue weighted by atomic mass is 10.1. The molecule has 0 aromatic heterocycles. The zero-order valence-corrected chi connectivity index (χ0v) is 17.0. The summed E-state index contributed by atoms with van der Waals surface area (Å²) >= 11 is 0. The second kappa shape index (κ2) is 7.75. The molecule has 0 radical (unpaired) electrons. The van der Waals surface area contributed by atoms with Crippen molar-refractivity contribution in [2.75, 3.05) is 23.0 Å².